The van der Waals surface area contributed by atoms with Crippen molar-refractivity contribution < 1.29 is 9.90 Å². The highest BCUT2D eigenvalue weighted by atomic mass is 32.1. The van der Waals surface area contributed by atoms with Gasteiger partial charge in [0, 0.05) is 12.2 Å². The van der Waals surface area contributed by atoms with E-state index in [1.54, 1.807) is 11.7 Å². The van der Waals surface area contributed by atoms with E-state index in [1.807, 2.05) is 0 Å². The van der Waals surface area contributed by atoms with Gasteiger partial charge in [0.25, 0.3) is 0 Å². The van der Waals surface area contributed by atoms with Gasteiger partial charge < -0.3 is 5.11 Å². The fraction of sp³-hybridized carbons (Fsp3) is 0.600. The van der Waals surface area contributed by atoms with Gasteiger partial charge in [0.05, 0.1) is 10.4 Å². The SMILES string of the molecule is O=C(O)C(NC1CCCC1)c1cncs1. The van der Waals surface area contributed by atoms with Crippen molar-refractivity contribution in [2.24, 2.45) is 0 Å². The van der Waals surface area contributed by atoms with E-state index in [-0.39, 0.29) is 0 Å². The number of nitrogens with one attached hydrogen (secondary N) is 1. The Balaban J connectivity index is 2.03. The lowest BCUT2D eigenvalue weighted by atomic mass is 10.2. The summed E-state index contributed by atoms with van der Waals surface area (Å²) >= 11 is 1.39. The minimum Gasteiger partial charge on any atom is -0.480 e. The average molecular weight is 226 g/mol. The Morgan fingerprint density at radius 2 is 2.33 bits per heavy atom. The first kappa shape index (κ1) is 10.6. The third-order valence-corrected chi connectivity index (χ3v) is 3.58. The summed E-state index contributed by atoms with van der Waals surface area (Å²) in [5.41, 5.74) is 1.67. The first-order chi connectivity index (χ1) is 7.27. The average Bonchev–Trinajstić information content (AvgIpc) is 2.87. The zero-order valence-corrected chi connectivity index (χ0v) is 9.17. The Kier molecular flexibility index (Phi) is 3.33. The predicted molar refractivity (Wildman–Crippen MR) is 57.9 cm³/mol. The number of nitrogens with zero attached hydrogens (tertiary/aromatic N) is 1. The summed E-state index contributed by atoms with van der Waals surface area (Å²) in [6, 6.07) is -0.228. The van der Waals surface area contributed by atoms with Gasteiger partial charge in [-0.1, -0.05) is 12.8 Å². The van der Waals surface area contributed by atoms with E-state index >= 15 is 0 Å². The number of carboxylic acid groups (broad SMARTS) is 1. The molecular formula is C10H14N2O2S. The summed E-state index contributed by atoms with van der Waals surface area (Å²) in [5.74, 6) is -0.814. The van der Waals surface area contributed by atoms with Crippen LogP contribution < -0.4 is 5.32 Å². The molecule has 0 saturated heterocycles. The zero-order valence-electron chi connectivity index (χ0n) is 8.35. The fourth-order valence-electron chi connectivity index (χ4n) is 1.97. The van der Waals surface area contributed by atoms with E-state index in [0.717, 1.165) is 17.7 Å². The van der Waals surface area contributed by atoms with Crippen LogP contribution in [0.15, 0.2) is 11.7 Å². The second-order valence-electron chi connectivity index (χ2n) is 3.82. The second-order valence-corrected chi connectivity index (χ2v) is 4.74. The molecule has 1 atom stereocenters. The Morgan fingerprint density at radius 3 is 2.87 bits per heavy atom. The molecule has 0 radical (unpaired) electrons. The van der Waals surface area contributed by atoms with Gasteiger partial charge in [-0.2, -0.15) is 0 Å². The molecule has 1 aliphatic carbocycles. The van der Waals surface area contributed by atoms with Crippen molar-refractivity contribution in [2.45, 2.75) is 37.8 Å². The van der Waals surface area contributed by atoms with Crippen LogP contribution in [0.1, 0.15) is 36.6 Å². The number of hydrogen-bond acceptors (Lipinski definition) is 4. The lowest BCUT2D eigenvalue weighted by Gasteiger charge is -2.17. The summed E-state index contributed by atoms with van der Waals surface area (Å²) in [5, 5.41) is 12.3. The minimum absolute atomic E-state index is 0.355. The van der Waals surface area contributed by atoms with Gasteiger partial charge in [0.2, 0.25) is 0 Å². The van der Waals surface area contributed by atoms with Crippen LogP contribution in [0.5, 0.6) is 0 Å². The normalized spacial score (nSPS) is 19.2. The third-order valence-electron chi connectivity index (χ3n) is 2.74. The summed E-state index contributed by atoms with van der Waals surface area (Å²) in [7, 11) is 0. The van der Waals surface area contributed by atoms with E-state index in [2.05, 4.69) is 10.3 Å². The molecule has 0 amide bonds. The molecule has 0 spiro atoms. The molecule has 0 aliphatic heterocycles. The molecule has 1 saturated carbocycles. The Hall–Kier alpha value is -0.940. The van der Waals surface area contributed by atoms with Gasteiger partial charge in [-0.3, -0.25) is 15.1 Å². The maximum Gasteiger partial charge on any atom is 0.326 e. The van der Waals surface area contributed by atoms with Crippen molar-refractivity contribution in [1.29, 1.82) is 0 Å². The van der Waals surface area contributed by atoms with Gasteiger partial charge in [0.15, 0.2) is 0 Å². The Bertz CT molecular complexity index is 320. The molecule has 1 fully saturated rings. The van der Waals surface area contributed by atoms with Crippen molar-refractivity contribution in [2.75, 3.05) is 0 Å². The van der Waals surface area contributed by atoms with Gasteiger partial charge in [-0.05, 0) is 12.8 Å². The molecule has 82 valence electrons. The van der Waals surface area contributed by atoms with Crippen LogP contribution in [-0.2, 0) is 4.79 Å². The van der Waals surface area contributed by atoms with E-state index in [4.69, 9.17) is 5.11 Å². The second kappa shape index (κ2) is 4.72. The molecule has 1 heterocycles. The molecule has 15 heavy (non-hydrogen) atoms. The van der Waals surface area contributed by atoms with Gasteiger partial charge in [0.1, 0.15) is 6.04 Å². The Morgan fingerprint density at radius 1 is 1.60 bits per heavy atom. The number of aliphatic carboxylic acids is 1. The predicted octanol–water partition coefficient (Wildman–Crippen LogP) is 1.80. The molecule has 1 aromatic rings. The van der Waals surface area contributed by atoms with Crippen molar-refractivity contribution in [1.82, 2.24) is 10.3 Å². The maximum absolute atomic E-state index is 11.1. The van der Waals surface area contributed by atoms with E-state index in [0.29, 0.717) is 6.04 Å². The molecule has 0 bridgehead atoms. The van der Waals surface area contributed by atoms with Crippen LogP contribution in [0.25, 0.3) is 0 Å². The number of thiazole rings is 1. The minimum atomic E-state index is -0.814. The number of rotatable bonds is 4. The number of aromatic nitrogens is 1. The lowest BCUT2D eigenvalue weighted by Crippen LogP contribution is -2.34. The lowest BCUT2D eigenvalue weighted by molar-refractivity contribution is -0.139. The molecule has 5 heteroatoms. The van der Waals surface area contributed by atoms with Crippen molar-refractivity contribution >= 4 is 17.3 Å². The largest absolute Gasteiger partial charge is 0.480 e. The van der Waals surface area contributed by atoms with Crippen molar-refractivity contribution in [3.05, 3.63) is 16.6 Å². The first-order valence-corrected chi connectivity index (χ1v) is 6.02. The molecule has 1 aliphatic rings. The third kappa shape index (κ3) is 2.54. The van der Waals surface area contributed by atoms with E-state index in [1.165, 1.54) is 24.2 Å². The van der Waals surface area contributed by atoms with E-state index in [9.17, 15) is 4.79 Å². The van der Waals surface area contributed by atoms with Crippen LogP contribution in [0, 0.1) is 0 Å². The van der Waals surface area contributed by atoms with E-state index < -0.39 is 12.0 Å². The van der Waals surface area contributed by atoms with Gasteiger partial charge in [-0.15, -0.1) is 11.3 Å². The van der Waals surface area contributed by atoms with Gasteiger partial charge in [-0.25, -0.2) is 0 Å². The molecule has 4 nitrogen and oxygen atoms in total. The van der Waals surface area contributed by atoms with Crippen molar-refractivity contribution in [3.8, 4) is 0 Å². The first-order valence-electron chi connectivity index (χ1n) is 5.14. The molecular weight excluding hydrogens is 212 g/mol. The molecule has 2 N–H and O–H groups in total. The van der Waals surface area contributed by atoms with Crippen LogP contribution in [0.4, 0.5) is 0 Å². The Labute approximate surface area is 92.3 Å². The standard InChI is InChI=1S/C10H14N2O2S/c13-10(14)9(8-5-11-6-15-8)12-7-3-1-2-4-7/h5-7,9,12H,1-4H2,(H,13,14). The molecule has 2 rings (SSSR count). The van der Waals surface area contributed by atoms with Crippen LogP contribution >= 0.6 is 11.3 Å². The number of carbonyl (C=O) groups is 1. The van der Waals surface area contributed by atoms with Gasteiger partial charge >= 0.3 is 5.97 Å². The topological polar surface area (TPSA) is 62.2 Å². The quantitative estimate of drug-likeness (QED) is 0.821. The molecule has 1 unspecified atom stereocenters. The molecule has 0 aromatic carbocycles. The monoisotopic (exact) mass is 226 g/mol. The smallest absolute Gasteiger partial charge is 0.326 e. The summed E-state index contributed by atoms with van der Waals surface area (Å²) < 4.78 is 0. The maximum atomic E-state index is 11.1. The summed E-state index contributed by atoms with van der Waals surface area (Å²) in [4.78, 5) is 15.8. The molecule has 1 aromatic heterocycles. The zero-order chi connectivity index (χ0) is 10.7. The number of hydrogen-bond donors (Lipinski definition) is 2. The highest BCUT2D eigenvalue weighted by Crippen LogP contribution is 2.23. The van der Waals surface area contributed by atoms with Crippen LogP contribution in [-0.4, -0.2) is 22.1 Å². The highest BCUT2D eigenvalue weighted by Gasteiger charge is 2.26. The summed E-state index contributed by atoms with van der Waals surface area (Å²) in [6.45, 7) is 0. The van der Waals surface area contributed by atoms with Crippen LogP contribution in [0.3, 0.4) is 0 Å². The number of carboxylic acids is 1. The van der Waals surface area contributed by atoms with Crippen LogP contribution in [0.2, 0.25) is 0 Å². The highest BCUT2D eigenvalue weighted by molar-refractivity contribution is 7.09. The fourth-order valence-corrected chi connectivity index (χ4v) is 2.64. The summed E-state index contributed by atoms with van der Waals surface area (Å²) in [6.07, 6.45) is 6.20. The van der Waals surface area contributed by atoms with Crippen molar-refractivity contribution in [3.63, 3.8) is 0 Å².